The molecular weight excluding hydrogens is 342 g/mol. The van der Waals surface area contributed by atoms with Gasteiger partial charge in [0.25, 0.3) is 5.91 Å². The highest BCUT2D eigenvalue weighted by Crippen LogP contribution is 2.37. The molecule has 25 heavy (non-hydrogen) atoms. The molecule has 1 saturated heterocycles. The van der Waals surface area contributed by atoms with Crippen LogP contribution in [0.15, 0.2) is 18.3 Å². The van der Waals surface area contributed by atoms with Crippen LogP contribution in [0, 0.1) is 6.92 Å². The van der Waals surface area contributed by atoms with E-state index in [-0.39, 0.29) is 11.9 Å². The quantitative estimate of drug-likeness (QED) is 0.894. The largest absolute Gasteiger partial charge is 0.481 e. The SMILES string of the molecule is COc1ncc(C2(O)CCN(C(=O)c3ccc(C)s3)CC2)c(OC)n1. The molecule has 0 unspecified atom stereocenters. The van der Waals surface area contributed by atoms with Crippen molar-refractivity contribution in [2.75, 3.05) is 27.3 Å². The second-order valence-corrected chi connectivity index (χ2v) is 7.30. The van der Waals surface area contributed by atoms with Gasteiger partial charge in [0.05, 0.1) is 30.3 Å². The topological polar surface area (TPSA) is 84.8 Å². The first-order valence-electron chi connectivity index (χ1n) is 8.00. The van der Waals surface area contributed by atoms with Gasteiger partial charge in [-0.05, 0) is 31.9 Å². The molecule has 1 aliphatic heterocycles. The minimum Gasteiger partial charge on any atom is -0.481 e. The van der Waals surface area contributed by atoms with Crippen LogP contribution < -0.4 is 9.47 Å². The first-order chi connectivity index (χ1) is 12.0. The van der Waals surface area contributed by atoms with Gasteiger partial charge in [-0.15, -0.1) is 11.3 Å². The fourth-order valence-corrected chi connectivity index (χ4v) is 3.81. The maximum absolute atomic E-state index is 12.6. The summed E-state index contributed by atoms with van der Waals surface area (Å²) >= 11 is 1.49. The highest BCUT2D eigenvalue weighted by atomic mass is 32.1. The highest BCUT2D eigenvalue weighted by Gasteiger charge is 2.39. The van der Waals surface area contributed by atoms with Crippen LogP contribution in [0.2, 0.25) is 0 Å². The number of likely N-dealkylation sites (tertiary alicyclic amines) is 1. The number of rotatable bonds is 4. The van der Waals surface area contributed by atoms with Gasteiger partial charge in [-0.25, -0.2) is 4.98 Å². The Morgan fingerprint density at radius 3 is 2.56 bits per heavy atom. The number of piperidine rings is 1. The second kappa shape index (κ2) is 6.97. The summed E-state index contributed by atoms with van der Waals surface area (Å²) in [5, 5.41) is 11.1. The molecule has 134 valence electrons. The van der Waals surface area contributed by atoms with Crippen LogP contribution in [0.3, 0.4) is 0 Å². The number of aliphatic hydroxyl groups is 1. The molecule has 1 fully saturated rings. The first kappa shape index (κ1) is 17.6. The van der Waals surface area contributed by atoms with Crippen LogP contribution in [-0.4, -0.2) is 53.2 Å². The molecule has 3 heterocycles. The number of carbonyl (C=O) groups excluding carboxylic acids is 1. The summed E-state index contributed by atoms with van der Waals surface area (Å²) in [5.41, 5.74) is -0.602. The van der Waals surface area contributed by atoms with Crippen LogP contribution in [-0.2, 0) is 5.60 Å². The number of aromatic nitrogens is 2. The minimum atomic E-state index is -1.13. The summed E-state index contributed by atoms with van der Waals surface area (Å²) in [5.74, 6) is 0.307. The zero-order chi connectivity index (χ0) is 18.0. The van der Waals surface area contributed by atoms with Crippen molar-refractivity contribution in [3.63, 3.8) is 0 Å². The van der Waals surface area contributed by atoms with Gasteiger partial charge >= 0.3 is 6.01 Å². The molecule has 3 rings (SSSR count). The number of amides is 1. The van der Waals surface area contributed by atoms with Gasteiger partial charge in [0, 0.05) is 24.2 Å². The number of methoxy groups -OCH3 is 2. The molecule has 2 aromatic heterocycles. The molecule has 2 aromatic rings. The molecule has 0 aliphatic carbocycles. The average molecular weight is 363 g/mol. The van der Waals surface area contributed by atoms with Gasteiger partial charge in [0.15, 0.2) is 0 Å². The Morgan fingerprint density at radius 2 is 2.00 bits per heavy atom. The molecule has 8 heteroatoms. The molecule has 0 atom stereocenters. The number of hydrogen-bond donors (Lipinski definition) is 1. The Kier molecular flexibility index (Phi) is 4.91. The third-order valence-electron chi connectivity index (χ3n) is 4.44. The van der Waals surface area contributed by atoms with Gasteiger partial charge in [0.2, 0.25) is 5.88 Å². The average Bonchev–Trinajstić information content (AvgIpc) is 3.07. The fourth-order valence-electron chi connectivity index (χ4n) is 2.98. The number of nitrogens with zero attached hydrogens (tertiary/aromatic N) is 3. The maximum atomic E-state index is 12.6. The number of thiophene rings is 1. The van der Waals surface area contributed by atoms with E-state index in [1.807, 2.05) is 19.1 Å². The van der Waals surface area contributed by atoms with E-state index in [9.17, 15) is 9.90 Å². The monoisotopic (exact) mass is 363 g/mol. The maximum Gasteiger partial charge on any atom is 0.319 e. The van der Waals surface area contributed by atoms with E-state index < -0.39 is 5.60 Å². The molecule has 7 nitrogen and oxygen atoms in total. The molecule has 0 bridgehead atoms. The summed E-state index contributed by atoms with van der Waals surface area (Å²) in [6.07, 6.45) is 2.33. The molecule has 0 radical (unpaired) electrons. The van der Waals surface area contributed by atoms with Crippen molar-refractivity contribution in [3.05, 3.63) is 33.6 Å². The number of carbonyl (C=O) groups is 1. The highest BCUT2D eigenvalue weighted by molar-refractivity contribution is 7.13. The van der Waals surface area contributed by atoms with E-state index >= 15 is 0 Å². The zero-order valence-corrected chi connectivity index (χ0v) is 15.3. The molecule has 0 aromatic carbocycles. The van der Waals surface area contributed by atoms with Gasteiger partial charge < -0.3 is 19.5 Å². The lowest BCUT2D eigenvalue weighted by molar-refractivity contribution is -0.0232. The minimum absolute atomic E-state index is 0.0121. The summed E-state index contributed by atoms with van der Waals surface area (Å²) in [4.78, 5) is 24.4. The van der Waals surface area contributed by atoms with E-state index in [1.165, 1.54) is 31.8 Å². The van der Waals surface area contributed by atoms with Gasteiger partial charge in [-0.1, -0.05) is 0 Å². The molecule has 0 spiro atoms. The van der Waals surface area contributed by atoms with Gasteiger partial charge in [-0.3, -0.25) is 4.79 Å². The lowest BCUT2D eigenvalue weighted by Gasteiger charge is -2.38. The van der Waals surface area contributed by atoms with Crippen LogP contribution in [0.25, 0.3) is 0 Å². The van der Waals surface area contributed by atoms with Crippen molar-refractivity contribution in [2.24, 2.45) is 0 Å². The van der Waals surface area contributed by atoms with Crippen molar-refractivity contribution in [1.82, 2.24) is 14.9 Å². The predicted octanol–water partition coefficient (Wildman–Crippen LogP) is 1.99. The molecule has 1 N–H and O–H groups in total. The van der Waals surface area contributed by atoms with Crippen molar-refractivity contribution in [1.29, 1.82) is 0 Å². The summed E-state index contributed by atoms with van der Waals surface area (Å²) < 4.78 is 10.3. The molecular formula is C17H21N3O4S. The van der Waals surface area contributed by atoms with Crippen molar-refractivity contribution in [3.8, 4) is 11.9 Å². The van der Waals surface area contributed by atoms with E-state index in [1.54, 1.807) is 4.90 Å². The first-order valence-corrected chi connectivity index (χ1v) is 8.82. The summed E-state index contributed by atoms with van der Waals surface area (Å²) in [6.45, 7) is 2.90. The van der Waals surface area contributed by atoms with E-state index in [0.717, 1.165) is 9.75 Å². The predicted molar refractivity (Wildman–Crippen MR) is 93.2 cm³/mol. The Morgan fingerprint density at radius 1 is 1.28 bits per heavy atom. The third kappa shape index (κ3) is 3.45. The number of aryl methyl sites for hydroxylation is 1. The normalized spacial score (nSPS) is 16.6. The van der Waals surface area contributed by atoms with Crippen molar-refractivity contribution < 1.29 is 19.4 Å². The Balaban J connectivity index is 1.75. The van der Waals surface area contributed by atoms with Gasteiger partial charge in [-0.2, -0.15) is 4.98 Å². The second-order valence-electron chi connectivity index (χ2n) is 6.01. The Hall–Kier alpha value is -2.19. The Bertz CT molecular complexity index is 769. The molecule has 0 saturated carbocycles. The number of ether oxygens (including phenoxy) is 2. The van der Waals surface area contributed by atoms with E-state index in [2.05, 4.69) is 9.97 Å². The van der Waals surface area contributed by atoms with Gasteiger partial charge in [0.1, 0.15) is 0 Å². The standard InChI is InChI=1S/C17H21N3O4S/c1-11-4-5-13(25-11)15(21)20-8-6-17(22,7-9-20)12-10-18-16(24-3)19-14(12)23-2/h4-5,10,22H,6-9H2,1-3H3. The summed E-state index contributed by atoms with van der Waals surface area (Å²) in [6, 6.07) is 3.98. The fraction of sp³-hybridized carbons (Fsp3) is 0.471. The van der Waals surface area contributed by atoms with Crippen molar-refractivity contribution >= 4 is 17.2 Å². The third-order valence-corrected chi connectivity index (χ3v) is 5.43. The van der Waals surface area contributed by atoms with E-state index in [4.69, 9.17) is 9.47 Å². The van der Waals surface area contributed by atoms with E-state index in [0.29, 0.717) is 37.4 Å². The van der Waals surface area contributed by atoms with Crippen LogP contribution >= 0.6 is 11.3 Å². The molecule has 1 aliphatic rings. The van der Waals surface area contributed by atoms with Crippen LogP contribution in [0.4, 0.5) is 0 Å². The summed E-state index contributed by atoms with van der Waals surface area (Å²) in [7, 11) is 2.96. The van der Waals surface area contributed by atoms with Crippen LogP contribution in [0.5, 0.6) is 11.9 Å². The number of hydrogen-bond acceptors (Lipinski definition) is 7. The molecule has 1 amide bonds. The Labute approximate surface area is 150 Å². The lowest BCUT2D eigenvalue weighted by Crippen LogP contribution is -2.45. The van der Waals surface area contributed by atoms with Crippen molar-refractivity contribution in [2.45, 2.75) is 25.4 Å². The van der Waals surface area contributed by atoms with Crippen LogP contribution in [0.1, 0.15) is 33.0 Å². The smallest absolute Gasteiger partial charge is 0.319 e. The zero-order valence-electron chi connectivity index (χ0n) is 14.5. The lowest BCUT2D eigenvalue weighted by atomic mass is 9.85.